The van der Waals surface area contributed by atoms with E-state index in [9.17, 15) is 8.42 Å². The third-order valence-corrected chi connectivity index (χ3v) is 4.67. The smallest absolute Gasteiger partial charge is 0.150 e. The van der Waals surface area contributed by atoms with Crippen molar-refractivity contribution in [2.24, 2.45) is 0 Å². The van der Waals surface area contributed by atoms with Gasteiger partial charge in [-0.25, -0.2) is 8.42 Å². The van der Waals surface area contributed by atoms with Crippen LogP contribution in [0.3, 0.4) is 0 Å². The largest absolute Gasteiger partial charge is 0.229 e. The maximum atomic E-state index is 11.1. The van der Waals surface area contributed by atoms with E-state index in [0.717, 1.165) is 32.1 Å². The average Bonchev–Trinajstić information content (AvgIpc) is 2.17. The molecule has 0 aliphatic rings. The Labute approximate surface area is 93.0 Å². The van der Waals surface area contributed by atoms with Crippen LogP contribution in [0, 0.1) is 0 Å². The zero-order chi connectivity index (χ0) is 11.0. The highest BCUT2D eigenvalue weighted by Crippen LogP contribution is 2.12. The van der Waals surface area contributed by atoms with Crippen LogP contribution < -0.4 is 0 Å². The molecular formula is C10H21ClO2S. The Morgan fingerprint density at radius 2 is 1.79 bits per heavy atom. The number of hydrogen-bond acceptors (Lipinski definition) is 2. The van der Waals surface area contributed by atoms with Crippen molar-refractivity contribution >= 4 is 21.4 Å². The molecule has 14 heavy (non-hydrogen) atoms. The summed E-state index contributed by atoms with van der Waals surface area (Å²) >= 11 is 5.94. The van der Waals surface area contributed by atoms with E-state index in [2.05, 4.69) is 6.92 Å². The third kappa shape index (κ3) is 7.63. The van der Waals surface area contributed by atoms with E-state index < -0.39 is 9.84 Å². The van der Waals surface area contributed by atoms with Crippen molar-refractivity contribution in [3.63, 3.8) is 0 Å². The first-order valence-corrected chi connectivity index (χ1v) is 7.62. The average molecular weight is 241 g/mol. The summed E-state index contributed by atoms with van der Waals surface area (Å²) in [7, 11) is -2.76. The topological polar surface area (TPSA) is 34.1 Å². The highest BCUT2D eigenvalue weighted by molar-refractivity contribution is 7.91. The first kappa shape index (κ1) is 14.2. The Balaban J connectivity index is 3.39. The molecule has 0 aliphatic carbocycles. The second-order valence-corrected chi connectivity index (χ2v) is 6.68. The highest BCUT2D eigenvalue weighted by atomic mass is 35.5. The molecule has 0 aromatic heterocycles. The van der Waals surface area contributed by atoms with Gasteiger partial charge in [0.15, 0.2) is 0 Å². The molecule has 0 rings (SSSR count). The van der Waals surface area contributed by atoms with Crippen LogP contribution in [0.1, 0.15) is 46.0 Å². The van der Waals surface area contributed by atoms with Crippen LogP contribution in [0.25, 0.3) is 0 Å². The van der Waals surface area contributed by atoms with Gasteiger partial charge in [0.05, 0.1) is 5.75 Å². The molecule has 1 atom stereocenters. The molecule has 1 unspecified atom stereocenters. The monoisotopic (exact) mass is 240 g/mol. The van der Waals surface area contributed by atoms with Gasteiger partial charge in [0, 0.05) is 11.1 Å². The Morgan fingerprint density at radius 3 is 2.29 bits per heavy atom. The van der Waals surface area contributed by atoms with Gasteiger partial charge in [0.1, 0.15) is 9.84 Å². The summed E-state index contributed by atoms with van der Waals surface area (Å²) in [5.41, 5.74) is 0. The third-order valence-electron chi connectivity index (χ3n) is 2.36. The van der Waals surface area contributed by atoms with E-state index in [0.29, 0.717) is 5.75 Å². The van der Waals surface area contributed by atoms with Crippen LogP contribution in [0.2, 0.25) is 0 Å². The van der Waals surface area contributed by atoms with Crippen LogP contribution >= 0.6 is 11.6 Å². The summed E-state index contributed by atoms with van der Waals surface area (Å²) < 4.78 is 22.3. The molecule has 0 fully saturated rings. The highest BCUT2D eigenvalue weighted by Gasteiger charge is 2.06. The molecule has 0 aromatic rings. The second kappa shape index (κ2) is 7.52. The lowest BCUT2D eigenvalue weighted by Gasteiger charge is -2.05. The lowest BCUT2D eigenvalue weighted by atomic mass is 10.1. The number of halogens is 1. The van der Waals surface area contributed by atoms with E-state index >= 15 is 0 Å². The molecule has 0 radical (unpaired) electrons. The Kier molecular flexibility index (Phi) is 7.65. The molecule has 0 aromatic carbocycles. The van der Waals surface area contributed by atoms with Gasteiger partial charge in [-0.15, -0.1) is 11.6 Å². The fraction of sp³-hybridized carbons (Fsp3) is 1.00. The summed E-state index contributed by atoms with van der Waals surface area (Å²) in [4.78, 5) is 0. The number of hydrogen-bond donors (Lipinski definition) is 0. The molecule has 2 nitrogen and oxygen atoms in total. The molecule has 86 valence electrons. The predicted molar refractivity (Wildman–Crippen MR) is 62.7 cm³/mol. The summed E-state index contributed by atoms with van der Waals surface area (Å²) in [6.45, 7) is 3.76. The molecular weight excluding hydrogens is 220 g/mol. The molecule has 0 bridgehead atoms. The first-order chi connectivity index (χ1) is 6.52. The lowest BCUT2D eigenvalue weighted by molar-refractivity contribution is 0.585. The minimum absolute atomic E-state index is 0.262. The summed E-state index contributed by atoms with van der Waals surface area (Å²) in [6.07, 6.45) is 4.80. The van der Waals surface area contributed by atoms with Crippen LogP contribution in [-0.2, 0) is 9.84 Å². The standard InChI is InChI=1S/C10H21ClO2S/c1-3-10(11)8-6-5-7-9-14(12,13)4-2/h10H,3-9H2,1-2H3. The maximum absolute atomic E-state index is 11.1. The number of alkyl halides is 1. The lowest BCUT2D eigenvalue weighted by Crippen LogP contribution is -2.08. The predicted octanol–water partition coefficient (Wildman–Crippen LogP) is 3.00. The van der Waals surface area contributed by atoms with E-state index in [-0.39, 0.29) is 11.1 Å². The fourth-order valence-corrected chi connectivity index (χ4v) is 2.30. The van der Waals surface area contributed by atoms with E-state index in [1.54, 1.807) is 6.92 Å². The normalized spacial score (nSPS) is 14.2. The Bertz CT molecular complexity index is 224. The summed E-state index contributed by atoms with van der Waals surface area (Å²) in [6, 6.07) is 0. The summed E-state index contributed by atoms with van der Waals surface area (Å²) in [5.74, 6) is 0.600. The minimum atomic E-state index is -2.76. The second-order valence-electron chi connectivity index (χ2n) is 3.59. The van der Waals surface area contributed by atoms with Crippen LogP contribution in [0.5, 0.6) is 0 Å². The number of rotatable bonds is 8. The van der Waals surface area contributed by atoms with Crippen LogP contribution in [-0.4, -0.2) is 25.3 Å². The van der Waals surface area contributed by atoms with Gasteiger partial charge in [-0.2, -0.15) is 0 Å². The SMILES string of the molecule is CCC(Cl)CCCCCS(=O)(=O)CC. The van der Waals surface area contributed by atoms with Crippen molar-refractivity contribution in [2.45, 2.75) is 51.3 Å². The van der Waals surface area contributed by atoms with Gasteiger partial charge in [-0.3, -0.25) is 0 Å². The van der Waals surface area contributed by atoms with Gasteiger partial charge in [-0.1, -0.05) is 26.7 Å². The molecule has 0 saturated heterocycles. The fourth-order valence-electron chi connectivity index (χ4n) is 1.21. The first-order valence-electron chi connectivity index (χ1n) is 5.36. The zero-order valence-corrected chi connectivity index (χ0v) is 10.7. The van der Waals surface area contributed by atoms with E-state index in [4.69, 9.17) is 11.6 Å². The Hall–Kier alpha value is 0.240. The van der Waals surface area contributed by atoms with Crippen molar-refractivity contribution in [1.82, 2.24) is 0 Å². The van der Waals surface area contributed by atoms with Gasteiger partial charge in [-0.05, 0) is 19.3 Å². The summed E-state index contributed by atoms with van der Waals surface area (Å²) in [5, 5.41) is 0.262. The molecule has 0 amide bonds. The van der Waals surface area contributed by atoms with Crippen molar-refractivity contribution < 1.29 is 8.42 Å². The van der Waals surface area contributed by atoms with Crippen LogP contribution in [0.15, 0.2) is 0 Å². The molecule has 0 aliphatic heterocycles. The van der Waals surface area contributed by atoms with Gasteiger partial charge < -0.3 is 0 Å². The van der Waals surface area contributed by atoms with Crippen molar-refractivity contribution in [3.8, 4) is 0 Å². The van der Waals surface area contributed by atoms with E-state index in [1.807, 2.05) is 0 Å². The maximum Gasteiger partial charge on any atom is 0.150 e. The molecule has 0 heterocycles. The van der Waals surface area contributed by atoms with Gasteiger partial charge >= 0.3 is 0 Å². The molecule has 0 N–H and O–H groups in total. The van der Waals surface area contributed by atoms with E-state index in [1.165, 1.54) is 0 Å². The molecule has 0 spiro atoms. The van der Waals surface area contributed by atoms with Crippen molar-refractivity contribution in [2.75, 3.05) is 11.5 Å². The van der Waals surface area contributed by atoms with Crippen molar-refractivity contribution in [3.05, 3.63) is 0 Å². The molecule has 4 heteroatoms. The number of unbranched alkanes of at least 4 members (excludes halogenated alkanes) is 2. The number of sulfone groups is 1. The Morgan fingerprint density at radius 1 is 1.14 bits per heavy atom. The van der Waals surface area contributed by atoms with Gasteiger partial charge in [0.2, 0.25) is 0 Å². The quantitative estimate of drug-likeness (QED) is 0.483. The van der Waals surface area contributed by atoms with Crippen molar-refractivity contribution in [1.29, 1.82) is 0 Å². The van der Waals surface area contributed by atoms with Crippen LogP contribution in [0.4, 0.5) is 0 Å². The van der Waals surface area contributed by atoms with Gasteiger partial charge in [0.25, 0.3) is 0 Å². The molecule has 0 saturated carbocycles. The minimum Gasteiger partial charge on any atom is -0.229 e. The zero-order valence-electron chi connectivity index (χ0n) is 9.13.